The Balaban J connectivity index is 2.00. The summed E-state index contributed by atoms with van der Waals surface area (Å²) in [5.41, 5.74) is 1.37. The number of benzene rings is 1. The van der Waals surface area contributed by atoms with Crippen molar-refractivity contribution < 1.29 is 4.74 Å². The molecule has 0 aliphatic carbocycles. The van der Waals surface area contributed by atoms with Crippen molar-refractivity contribution in [3.05, 3.63) is 35.9 Å². The number of nitrogens with one attached hydrogen (secondary N) is 1. The molecule has 1 aliphatic heterocycles. The van der Waals surface area contributed by atoms with Gasteiger partial charge in [-0.15, -0.1) is 0 Å². The summed E-state index contributed by atoms with van der Waals surface area (Å²) in [6, 6.07) is 11.7. The standard InChI is InChI=1S/C15H24N2O/c1-17(2)12-15(13-6-4-3-5-7-13)16-14-8-10-18-11-9-14/h3-7,14-16H,8-12H2,1-2H3. The number of ether oxygens (including phenoxy) is 1. The fraction of sp³-hybridized carbons (Fsp3) is 0.600. The maximum Gasteiger partial charge on any atom is 0.0480 e. The molecule has 3 nitrogen and oxygen atoms in total. The van der Waals surface area contributed by atoms with Crippen LogP contribution in [-0.4, -0.2) is 44.8 Å². The first-order valence-electron chi connectivity index (χ1n) is 6.79. The molecule has 0 aromatic heterocycles. The maximum atomic E-state index is 5.42. The number of rotatable bonds is 5. The van der Waals surface area contributed by atoms with Crippen LogP contribution in [0.3, 0.4) is 0 Å². The molecular weight excluding hydrogens is 224 g/mol. The molecule has 1 saturated heterocycles. The molecule has 1 aromatic rings. The fourth-order valence-corrected chi connectivity index (χ4v) is 2.45. The van der Waals surface area contributed by atoms with Crippen LogP contribution in [0.4, 0.5) is 0 Å². The molecule has 100 valence electrons. The Bertz CT molecular complexity index is 334. The van der Waals surface area contributed by atoms with E-state index >= 15 is 0 Å². The third-order valence-corrected chi connectivity index (χ3v) is 3.41. The molecule has 1 heterocycles. The predicted molar refractivity (Wildman–Crippen MR) is 74.7 cm³/mol. The van der Waals surface area contributed by atoms with E-state index in [1.54, 1.807) is 0 Å². The highest BCUT2D eigenvalue weighted by Crippen LogP contribution is 2.17. The lowest BCUT2D eigenvalue weighted by Crippen LogP contribution is -2.41. The zero-order valence-corrected chi connectivity index (χ0v) is 11.4. The van der Waals surface area contributed by atoms with Crippen LogP contribution in [0.25, 0.3) is 0 Å². The zero-order chi connectivity index (χ0) is 12.8. The molecule has 1 aromatic carbocycles. The summed E-state index contributed by atoms with van der Waals surface area (Å²) in [5, 5.41) is 3.78. The van der Waals surface area contributed by atoms with Gasteiger partial charge < -0.3 is 15.0 Å². The van der Waals surface area contributed by atoms with E-state index in [2.05, 4.69) is 54.6 Å². The van der Waals surface area contributed by atoms with Crippen molar-refractivity contribution >= 4 is 0 Å². The Labute approximate surface area is 110 Å². The maximum absolute atomic E-state index is 5.42. The van der Waals surface area contributed by atoms with Crippen molar-refractivity contribution in [3.8, 4) is 0 Å². The van der Waals surface area contributed by atoms with E-state index < -0.39 is 0 Å². The molecule has 18 heavy (non-hydrogen) atoms. The SMILES string of the molecule is CN(C)CC(NC1CCOCC1)c1ccccc1. The molecule has 0 spiro atoms. The van der Waals surface area contributed by atoms with Crippen molar-refractivity contribution in [2.75, 3.05) is 33.9 Å². The van der Waals surface area contributed by atoms with Gasteiger partial charge in [-0.1, -0.05) is 30.3 Å². The lowest BCUT2D eigenvalue weighted by atomic mass is 10.0. The summed E-state index contributed by atoms with van der Waals surface area (Å²) < 4.78 is 5.42. The number of hydrogen-bond donors (Lipinski definition) is 1. The number of nitrogens with zero attached hydrogens (tertiary/aromatic N) is 1. The Hall–Kier alpha value is -0.900. The average molecular weight is 248 g/mol. The molecule has 3 heteroatoms. The van der Waals surface area contributed by atoms with Crippen LogP contribution in [0.1, 0.15) is 24.4 Å². The van der Waals surface area contributed by atoms with Crippen LogP contribution in [0.5, 0.6) is 0 Å². The number of hydrogen-bond acceptors (Lipinski definition) is 3. The second-order valence-electron chi connectivity index (χ2n) is 5.28. The van der Waals surface area contributed by atoms with Gasteiger partial charge in [-0.3, -0.25) is 0 Å². The van der Waals surface area contributed by atoms with Crippen molar-refractivity contribution in [1.82, 2.24) is 10.2 Å². The van der Waals surface area contributed by atoms with Crippen LogP contribution >= 0.6 is 0 Å². The Kier molecular flexibility index (Phi) is 5.17. The molecule has 1 aliphatic rings. The van der Waals surface area contributed by atoms with E-state index in [1.807, 2.05) is 0 Å². The average Bonchev–Trinajstić information content (AvgIpc) is 2.40. The zero-order valence-electron chi connectivity index (χ0n) is 11.4. The highest BCUT2D eigenvalue weighted by atomic mass is 16.5. The Morgan fingerprint density at radius 2 is 1.89 bits per heavy atom. The molecule has 1 unspecified atom stereocenters. The monoisotopic (exact) mass is 248 g/mol. The summed E-state index contributed by atoms with van der Waals surface area (Å²) in [5.74, 6) is 0. The molecule has 1 N–H and O–H groups in total. The van der Waals surface area contributed by atoms with E-state index in [-0.39, 0.29) is 0 Å². The second kappa shape index (κ2) is 6.88. The third-order valence-electron chi connectivity index (χ3n) is 3.41. The molecule has 0 saturated carbocycles. The molecular formula is C15H24N2O. The van der Waals surface area contributed by atoms with Crippen molar-refractivity contribution in [1.29, 1.82) is 0 Å². The first-order chi connectivity index (χ1) is 8.75. The van der Waals surface area contributed by atoms with Gasteiger partial charge in [-0.2, -0.15) is 0 Å². The minimum Gasteiger partial charge on any atom is -0.381 e. The highest BCUT2D eigenvalue weighted by molar-refractivity contribution is 5.19. The second-order valence-corrected chi connectivity index (χ2v) is 5.28. The highest BCUT2D eigenvalue weighted by Gasteiger charge is 2.19. The van der Waals surface area contributed by atoms with E-state index in [0.717, 1.165) is 32.6 Å². The lowest BCUT2D eigenvalue weighted by molar-refractivity contribution is 0.0736. The summed E-state index contributed by atoms with van der Waals surface area (Å²) in [7, 11) is 4.25. The van der Waals surface area contributed by atoms with Gasteiger partial charge in [-0.25, -0.2) is 0 Å². The first kappa shape index (κ1) is 13.5. The molecule has 0 amide bonds. The van der Waals surface area contributed by atoms with Gasteiger partial charge in [0.2, 0.25) is 0 Å². The van der Waals surface area contributed by atoms with Crippen LogP contribution in [0.15, 0.2) is 30.3 Å². The van der Waals surface area contributed by atoms with Gasteiger partial charge in [0.05, 0.1) is 0 Å². The van der Waals surface area contributed by atoms with Gasteiger partial charge in [0.1, 0.15) is 0 Å². The number of likely N-dealkylation sites (N-methyl/N-ethyl adjacent to an activating group) is 1. The first-order valence-corrected chi connectivity index (χ1v) is 6.79. The third kappa shape index (κ3) is 4.09. The topological polar surface area (TPSA) is 24.5 Å². The van der Waals surface area contributed by atoms with Crippen molar-refractivity contribution in [2.45, 2.75) is 24.9 Å². The summed E-state index contributed by atoms with van der Waals surface area (Å²) >= 11 is 0. The molecule has 1 fully saturated rings. The van der Waals surface area contributed by atoms with Crippen LogP contribution in [0, 0.1) is 0 Å². The van der Waals surface area contributed by atoms with E-state index in [4.69, 9.17) is 4.74 Å². The van der Waals surface area contributed by atoms with Crippen LogP contribution < -0.4 is 5.32 Å². The lowest BCUT2D eigenvalue weighted by Gasteiger charge is -2.30. The van der Waals surface area contributed by atoms with Crippen LogP contribution in [-0.2, 0) is 4.74 Å². The Morgan fingerprint density at radius 3 is 2.50 bits per heavy atom. The molecule has 2 rings (SSSR count). The van der Waals surface area contributed by atoms with Crippen molar-refractivity contribution in [2.24, 2.45) is 0 Å². The normalized spacial score (nSPS) is 19.1. The van der Waals surface area contributed by atoms with E-state index in [9.17, 15) is 0 Å². The van der Waals surface area contributed by atoms with Gasteiger partial charge in [-0.05, 0) is 32.5 Å². The molecule has 1 atom stereocenters. The van der Waals surface area contributed by atoms with Crippen molar-refractivity contribution in [3.63, 3.8) is 0 Å². The fourth-order valence-electron chi connectivity index (χ4n) is 2.45. The van der Waals surface area contributed by atoms with E-state index in [0.29, 0.717) is 12.1 Å². The minimum absolute atomic E-state index is 0.407. The van der Waals surface area contributed by atoms with Crippen LogP contribution in [0.2, 0.25) is 0 Å². The van der Waals surface area contributed by atoms with Gasteiger partial charge in [0, 0.05) is 31.8 Å². The summed E-state index contributed by atoms with van der Waals surface area (Å²) in [4.78, 5) is 2.24. The molecule has 0 bridgehead atoms. The smallest absolute Gasteiger partial charge is 0.0480 e. The minimum atomic E-state index is 0.407. The summed E-state index contributed by atoms with van der Waals surface area (Å²) in [6.07, 6.45) is 2.24. The predicted octanol–water partition coefficient (Wildman–Crippen LogP) is 2.06. The molecule has 0 radical (unpaired) electrons. The van der Waals surface area contributed by atoms with Gasteiger partial charge in [0.15, 0.2) is 0 Å². The van der Waals surface area contributed by atoms with E-state index in [1.165, 1.54) is 5.56 Å². The largest absolute Gasteiger partial charge is 0.381 e. The summed E-state index contributed by atoms with van der Waals surface area (Å²) in [6.45, 7) is 2.81. The van der Waals surface area contributed by atoms with Gasteiger partial charge in [0.25, 0.3) is 0 Å². The van der Waals surface area contributed by atoms with Gasteiger partial charge >= 0.3 is 0 Å². The Morgan fingerprint density at radius 1 is 1.22 bits per heavy atom. The quantitative estimate of drug-likeness (QED) is 0.863.